The number of rotatable bonds is 4. The number of ether oxygens (including phenoxy) is 1. The molecule has 0 saturated carbocycles. The number of carbonyl (C=O) groups is 1. The second-order valence-corrected chi connectivity index (χ2v) is 4.61. The summed E-state index contributed by atoms with van der Waals surface area (Å²) in [4.78, 5) is 11.8. The summed E-state index contributed by atoms with van der Waals surface area (Å²) in [6.45, 7) is 7.69. The maximum absolute atomic E-state index is 13.9. The minimum Gasteiger partial charge on any atom is -0.494 e. The molecule has 0 aromatic heterocycles. The minimum atomic E-state index is -0.353. The van der Waals surface area contributed by atoms with Crippen molar-refractivity contribution in [2.24, 2.45) is 0 Å². The van der Waals surface area contributed by atoms with Gasteiger partial charge in [-0.2, -0.15) is 0 Å². The summed E-state index contributed by atoms with van der Waals surface area (Å²) in [6.07, 6.45) is 1.63. The van der Waals surface area contributed by atoms with Crippen molar-refractivity contribution in [3.8, 4) is 0 Å². The maximum atomic E-state index is 13.9. The second-order valence-electron chi connectivity index (χ2n) is 4.61. The molecule has 120 valence electrons. The molecule has 1 heterocycles. The van der Waals surface area contributed by atoms with Crippen molar-refractivity contribution in [1.82, 2.24) is 5.32 Å². The molecular weight excluding hydrogens is 283 g/mol. The highest BCUT2D eigenvalue weighted by Crippen LogP contribution is 2.23. The summed E-state index contributed by atoms with van der Waals surface area (Å²) in [7, 11) is 1.49. The van der Waals surface area contributed by atoms with E-state index < -0.39 is 0 Å². The van der Waals surface area contributed by atoms with Gasteiger partial charge in [-0.25, -0.2) is 4.39 Å². The normalized spacial score (nSPS) is 13.5. The van der Waals surface area contributed by atoms with E-state index >= 15 is 0 Å². The van der Waals surface area contributed by atoms with Gasteiger partial charge >= 0.3 is 0 Å². The molecule has 0 spiro atoms. The maximum Gasteiger partial charge on any atom is 0.165 e. The van der Waals surface area contributed by atoms with Crippen LogP contribution in [-0.4, -0.2) is 19.4 Å². The van der Waals surface area contributed by atoms with Crippen molar-refractivity contribution < 1.29 is 13.9 Å². The van der Waals surface area contributed by atoms with E-state index in [-0.39, 0.29) is 11.6 Å². The Labute approximate surface area is 131 Å². The van der Waals surface area contributed by atoms with Gasteiger partial charge in [0.25, 0.3) is 0 Å². The molecule has 2 rings (SSSR count). The van der Waals surface area contributed by atoms with E-state index in [2.05, 4.69) is 10.6 Å². The lowest BCUT2D eigenvalue weighted by molar-refractivity contribution is -0.113. The number of carbonyl (C=O) groups excluding carboxylic acids is 1. The SMILES string of the molecule is CC.COC1=CNCC(Nc2ccc(C)cc2F)=C1C(C)=O. The Bertz CT molecular complexity index is 607. The van der Waals surface area contributed by atoms with E-state index in [1.54, 1.807) is 12.3 Å². The summed E-state index contributed by atoms with van der Waals surface area (Å²) < 4.78 is 19.0. The molecule has 0 aliphatic carbocycles. The summed E-state index contributed by atoms with van der Waals surface area (Å²) in [6, 6.07) is 4.91. The van der Waals surface area contributed by atoms with Crippen LogP contribution in [0.25, 0.3) is 0 Å². The monoisotopic (exact) mass is 306 g/mol. The van der Waals surface area contributed by atoms with Crippen molar-refractivity contribution in [3.63, 3.8) is 0 Å². The van der Waals surface area contributed by atoms with Crippen LogP contribution in [0.2, 0.25) is 0 Å². The van der Waals surface area contributed by atoms with E-state index in [0.717, 1.165) is 5.56 Å². The highest BCUT2D eigenvalue weighted by atomic mass is 19.1. The molecule has 0 bridgehead atoms. The van der Waals surface area contributed by atoms with Crippen LogP contribution in [0.1, 0.15) is 26.3 Å². The quantitative estimate of drug-likeness (QED) is 0.894. The number of ketones is 1. The van der Waals surface area contributed by atoms with Gasteiger partial charge in [0.05, 0.1) is 24.9 Å². The summed E-state index contributed by atoms with van der Waals surface area (Å²) in [5.41, 5.74) is 2.21. The highest BCUT2D eigenvalue weighted by Gasteiger charge is 2.21. The molecule has 0 atom stereocenters. The Hall–Kier alpha value is -2.30. The summed E-state index contributed by atoms with van der Waals surface area (Å²) in [5.74, 6) is -0.0395. The number of benzene rings is 1. The first-order chi connectivity index (χ1) is 10.5. The van der Waals surface area contributed by atoms with Gasteiger partial charge < -0.3 is 15.4 Å². The predicted molar refractivity (Wildman–Crippen MR) is 86.9 cm³/mol. The first-order valence-corrected chi connectivity index (χ1v) is 7.28. The number of allylic oxidation sites excluding steroid dienone is 1. The van der Waals surface area contributed by atoms with Crippen molar-refractivity contribution >= 4 is 11.5 Å². The van der Waals surface area contributed by atoms with Crippen LogP contribution in [-0.2, 0) is 9.53 Å². The molecule has 1 aliphatic heterocycles. The number of Topliss-reactive ketones (excluding diaryl/α,β-unsaturated/α-hetero) is 1. The molecule has 1 aromatic carbocycles. The van der Waals surface area contributed by atoms with Crippen molar-refractivity contribution in [3.05, 3.63) is 52.8 Å². The Kier molecular flexibility index (Phi) is 6.63. The van der Waals surface area contributed by atoms with E-state index in [1.807, 2.05) is 26.8 Å². The zero-order valence-electron chi connectivity index (χ0n) is 13.7. The van der Waals surface area contributed by atoms with Gasteiger partial charge in [-0.05, 0) is 31.5 Å². The van der Waals surface area contributed by atoms with Crippen LogP contribution in [0, 0.1) is 12.7 Å². The Morgan fingerprint density at radius 2 is 2.05 bits per heavy atom. The average Bonchev–Trinajstić information content (AvgIpc) is 2.51. The van der Waals surface area contributed by atoms with Gasteiger partial charge in [0.15, 0.2) is 5.78 Å². The number of dihydropyridines is 1. The van der Waals surface area contributed by atoms with E-state index in [9.17, 15) is 9.18 Å². The number of anilines is 1. The number of hydrogen-bond acceptors (Lipinski definition) is 4. The van der Waals surface area contributed by atoms with Gasteiger partial charge in [-0.15, -0.1) is 0 Å². The van der Waals surface area contributed by atoms with Crippen LogP contribution < -0.4 is 10.6 Å². The topological polar surface area (TPSA) is 50.4 Å². The van der Waals surface area contributed by atoms with Crippen LogP contribution >= 0.6 is 0 Å². The highest BCUT2D eigenvalue weighted by molar-refractivity contribution is 5.98. The Morgan fingerprint density at radius 3 is 2.59 bits per heavy atom. The lowest BCUT2D eigenvalue weighted by Gasteiger charge is -2.22. The van der Waals surface area contributed by atoms with Crippen LogP contribution in [0.15, 0.2) is 41.4 Å². The van der Waals surface area contributed by atoms with Crippen LogP contribution in [0.4, 0.5) is 10.1 Å². The number of methoxy groups -OCH3 is 1. The third-order valence-corrected chi connectivity index (χ3v) is 3.04. The van der Waals surface area contributed by atoms with Gasteiger partial charge in [-0.1, -0.05) is 19.9 Å². The smallest absolute Gasteiger partial charge is 0.165 e. The standard InChI is InChI=1S/C15H17FN2O2.C2H6/c1-9-4-5-12(11(16)6-9)18-13-7-17-8-14(20-3)15(13)10(2)19;1-2/h4-6,8,17-18H,7H2,1-3H3;1-2H3. The molecule has 2 N–H and O–H groups in total. The second kappa shape index (κ2) is 8.22. The predicted octanol–water partition coefficient (Wildman–Crippen LogP) is 3.51. The summed E-state index contributed by atoms with van der Waals surface area (Å²) >= 11 is 0. The van der Waals surface area contributed by atoms with Gasteiger partial charge in [0.2, 0.25) is 0 Å². The van der Waals surface area contributed by atoms with Crippen molar-refractivity contribution in [1.29, 1.82) is 0 Å². The summed E-state index contributed by atoms with van der Waals surface area (Å²) in [5, 5.41) is 5.96. The van der Waals surface area contributed by atoms with Crippen LogP contribution in [0.5, 0.6) is 0 Å². The first-order valence-electron chi connectivity index (χ1n) is 7.28. The molecule has 0 unspecified atom stereocenters. The molecule has 1 aromatic rings. The molecule has 0 radical (unpaired) electrons. The number of aryl methyl sites for hydroxylation is 1. The zero-order chi connectivity index (χ0) is 16.7. The lowest BCUT2D eigenvalue weighted by Crippen LogP contribution is -2.26. The molecule has 0 fully saturated rings. The van der Waals surface area contributed by atoms with Gasteiger partial charge in [0.1, 0.15) is 11.6 Å². The van der Waals surface area contributed by atoms with E-state index in [1.165, 1.54) is 20.1 Å². The molecule has 4 nitrogen and oxygen atoms in total. The third kappa shape index (κ3) is 4.10. The van der Waals surface area contributed by atoms with Crippen molar-refractivity contribution in [2.45, 2.75) is 27.7 Å². The van der Waals surface area contributed by atoms with Crippen molar-refractivity contribution in [2.75, 3.05) is 19.0 Å². The largest absolute Gasteiger partial charge is 0.494 e. The lowest BCUT2D eigenvalue weighted by atomic mass is 10.1. The molecule has 5 heteroatoms. The Balaban J connectivity index is 0.00000116. The number of hydrogen-bond donors (Lipinski definition) is 2. The molecule has 22 heavy (non-hydrogen) atoms. The van der Waals surface area contributed by atoms with E-state index in [0.29, 0.717) is 29.3 Å². The fraction of sp³-hybridized carbons (Fsp3) is 0.353. The number of halogens is 1. The average molecular weight is 306 g/mol. The fourth-order valence-corrected chi connectivity index (χ4v) is 2.09. The molecule has 0 amide bonds. The van der Waals surface area contributed by atoms with Crippen LogP contribution in [0.3, 0.4) is 0 Å². The zero-order valence-corrected chi connectivity index (χ0v) is 13.7. The first kappa shape index (κ1) is 17.8. The molecule has 1 aliphatic rings. The molecule has 0 saturated heterocycles. The third-order valence-electron chi connectivity index (χ3n) is 3.04. The molecular formula is C17H23FN2O2. The van der Waals surface area contributed by atoms with E-state index in [4.69, 9.17) is 4.74 Å². The van der Waals surface area contributed by atoms with Gasteiger partial charge in [0, 0.05) is 11.9 Å². The fourth-order valence-electron chi connectivity index (χ4n) is 2.09. The Morgan fingerprint density at radius 1 is 1.36 bits per heavy atom. The minimum absolute atomic E-state index is 0.130. The van der Waals surface area contributed by atoms with Gasteiger partial charge in [-0.3, -0.25) is 4.79 Å². The number of nitrogens with one attached hydrogen (secondary N) is 2.